The monoisotopic (exact) mass is 1510 g/mol. The van der Waals surface area contributed by atoms with Crippen molar-refractivity contribution in [1.82, 2.24) is 0 Å². The lowest BCUT2D eigenvalue weighted by atomic mass is 9.84. The van der Waals surface area contributed by atoms with Crippen LogP contribution in [0.2, 0.25) is 0 Å². The van der Waals surface area contributed by atoms with Crippen molar-refractivity contribution in [3.05, 3.63) is 461 Å². The van der Waals surface area contributed by atoms with E-state index in [1.54, 1.807) is 0 Å². The van der Waals surface area contributed by atoms with Crippen molar-refractivity contribution >= 4 is 108 Å². The molecule has 0 saturated carbocycles. The fraction of sp³-hybridized carbons (Fsp3) is 0.00840. The van der Waals surface area contributed by atoms with Crippen LogP contribution < -0.4 is 0 Å². The standard InChI is InChI=1S/C62H40.C57H38/c1-2-16-42(17-3-1)53-37-35-43-18-6-8-23-51(43)59(53)45-30-32-46(33-31-45)60-55-25-10-12-27-57(55)62(58-28-13-11-26-56(58)60)49-22-14-21-48(40-49)54-38-36-44-19-7-9-24-52(44)61(54)50-34-29-41-15-4-5-20-47(41)39-50;1-37-25-26-39-14-4-6-19-47(39)54(37)41-28-30-42(31-29-41)55-50-21-8-10-23-52(50)57(53-24-11-9-22-51(53)55)45-18-12-17-44(36-45)49-34-33-40-15-5-7-20-48(40)56(49)46-32-27-38-13-2-3-16-43(38)35-46/h1-40H;2-36H,1H3. The molecule has 554 valence electrons. The van der Waals surface area contributed by atoms with E-state index in [9.17, 15) is 0 Å². The fourth-order valence-corrected chi connectivity index (χ4v) is 19.3. The van der Waals surface area contributed by atoms with Crippen molar-refractivity contribution < 1.29 is 0 Å². The minimum atomic E-state index is 1.20. The van der Waals surface area contributed by atoms with Crippen LogP contribution in [-0.2, 0) is 0 Å². The van der Waals surface area contributed by atoms with Gasteiger partial charge in [-0.1, -0.05) is 431 Å². The van der Waals surface area contributed by atoms with E-state index in [0.29, 0.717) is 0 Å². The molecular weight excluding hydrogens is 1430 g/mol. The lowest BCUT2D eigenvalue weighted by Gasteiger charge is -2.19. The molecular formula is C119H78. The van der Waals surface area contributed by atoms with Gasteiger partial charge in [0, 0.05) is 0 Å². The molecule has 0 spiro atoms. The molecule has 23 rings (SSSR count). The van der Waals surface area contributed by atoms with Crippen molar-refractivity contribution in [2.45, 2.75) is 6.92 Å². The molecule has 0 saturated heterocycles. The van der Waals surface area contributed by atoms with Crippen LogP contribution in [0.25, 0.3) is 230 Å². The number of aryl methyl sites for hydroxylation is 1. The molecule has 23 aromatic carbocycles. The minimum Gasteiger partial charge on any atom is -0.0622 e. The highest BCUT2D eigenvalue weighted by Crippen LogP contribution is 2.51. The fourth-order valence-electron chi connectivity index (χ4n) is 19.3. The van der Waals surface area contributed by atoms with Crippen molar-refractivity contribution in [3.63, 3.8) is 0 Å². The average Bonchev–Trinajstić information content (AvgIpc) is 0.730. The van der Waals surface area contributed by atoms with Crippen LogP contribution in [0.15, 0.2) is 455 Å². The van der Waals surface area contributed by atoms with E-state index in [0.717, 1.165) is 0 Å². The third-order valence-electron chi connectivity index (χ3n) is 24.8. The summed E-state index contributed by atoms with van der Waals surface area (Å²) in [5.41, 5.74) is 28.5. The van der Waals surface area contributed by atoms with Crippen LogP contribution in [-0.4, -0.2) is 0 Å². The molecule has 0 bridgehead atoms. The summed E-state index contributed by atoms with van der Waals surface area (Å²) in [6.45, 7) is 2.22. The Morgan fingerprint density at radius 2 is 0.328 bits per heavy atom. The van der Waals surface area contributed by atoms with Gasteiger partial charge in [-0.05, 0) is 267 Å². The summed E-state index contributed by atoms with van der Waals surface area (Å²) in [7, 11) is 0. The molecule has 0 amide bonds. The maximum atomic E-state index is 2.41. The van der Waals surface area contributed by atoms with E-state index in [1.807, 2.05) is 0 Å². The Bertz CT molecular complexity index is 7840. The summed E-state index contributed by atoms with van der Waals surface area (Å²) >= 11 is 0. The van der Waals surface area contributed by atoms with E-state index in [4.69, 9.17) is 0 Å². The highest BCUT2D eigenvalue weighted by atomic mass is 14.3. The van der Waals surface area contributed by atoms with Crippen LogP contribution in [0, 0.1) is 6.92 Å². The van der Waals surface area contributed by atoms with Crippen molar-refractivity contribution in [1.29, 1.82) is 0 Å². The first-order chi connectivity index (χ1) is 59.0. The largest absolute Gasteiger partial charge is 0.0622 e. The number of benzene rings is 23. The molecule has 0 fully saturated rings. The number of fused-ring (bicyclic) bond motifs is 10. The number of hydrogen-bond acceptors (Lipinski definition) is 0. The second-order valence-corrected chi connectivity index (χ2v) is 31.6. The quantitative estimate of drug-likeness (QED) is 0.113. The topological polar surface area (TPSA) is 0 Å². The first kappa shape index (κ1) is 70.3. The van der Waals surface area contributed by atoms with Crippen molar-refractivity contribution in [2.24, 2.45) is 0 Å². The molecule has 0 aliphatic heterocycles. The van der Waals surface area contributed by atoms with E-state index in [2.05, 4.69) is 462 Å². The summed E-state index contributed by atoms with van der Waals surface area (Å²) in [5, 5.41) is 25.1. The molecule has 0 atom stereocenters. The van der Waals surface area contributed by atoms with Gasteiger partial charge in [0.15, 0.2) is 0 Å². The van der Waals surface area contributed by atoms with Crippen molar-refractivity contribution in [3.8, 4) is 122 Å². The van der Waals surface area contributed by atoms with Crippen LogP contribution in [0.4, 0.5) is 0 Å². The highest BCUT2D eigenvalue weighted by Gasteiger charge is 2.24. The Labute approximate surface area is 692 Å². The first-order valence-corrected chi connectivity index (χ1v) is 41.3. The molecule has 23 aromatic rings. The van der Waals surface area contributed by atoms with Crippen molar-refractivity contribution in [2.75, 3.05) is 0 Å². The molecule has 119 heavy (non-hydrogen) atoms. The average molecular weight is 1510 g/mol. The Morgan fingerprint density at radius 3 is 0.689 bits per heavy atom. The SMILES string of the molecule is Cc1ccc2ccccc2c1-c1ccc(-c2c3ccccc3c(-c3cccc(-c4ccc5ccccc5c4-c4ccc5ccccc5c4)c3)c3ccccc23)cc1.c1ccc(-c2ccc3ccccc3c2-c2ccc(-c3c4ccccc4c(-c4cccc(-c5ccc6ccccc6c5-c5ccc6ccccc6c5)c4)c4ccccc34)cc2)cc1. The number of hydrogen-bond donors (Lipinski definition) is 0. The van der Waals surface area contributed by atoms with Crippen LogP contribution in [0.5, 0.6) is 0 Å². The van der Waals surface area contributed by atoms with Crippen LogP contribution in [0.1, 0.15) is 5.56 Å². The molecule has 0 heteroatoms. The van der Waals surface area contributed by atoms with E-state index in [-0.39, 0.29) is 0 Å². The molecule has 0 aliphatic rings. The third kappa shape index (κ3) is 12.5. The zero-order valence-corrected chi connectivity index (χ0v) is 65.8. The van der Waals surface area contributed by atoms with Gasteiger partial charge >= 0.3 is 0 Å². The predicted molar refractivity (Wildman–Crippen MR) is 512 cm³/mol. The zero-order valence-electron chi connectivity index (χ0n) is 65.8. The van der Waals surface area contributed by atoms with Crippen LogP contribution in [0.3, 0.4) is 0 Å². The van der Waals surface area contributed by atoms with E-state index < -0.39 is 0 Å². The normalized spacial score (nSPS) is 11.6. The first-order valence-electron chi connectivity index (χ1n) is 41.3. The summed E-state index contributed by atoms with van der Waals surface area (Å²) in [5.74, 6) is 0. The van der Waals surface area contributed by atoms with E-state index >= 15 is 0 Å². The van der Waals surface area contributed by atoms with Gasteiger partial charge in [-0.25, -0.2) is 0 Å². The van der Waals surface area contributed by atoms with Gasteiger partial charge in [0.2, 0.25) is 0 Å². The minimum absolute atomic E-state index is 1.20. The van der Waals surface area contributed by atoms with Gasteiger partial charge in [0.1, 0.15) is 0 Å². The van der Waals surface area contributed by atoms with Gasteiger partial charge < -0.3 is 0 Å². The third-order valence-corrected chi connectivity index (χ3v) is 24.8. The Morgan fingerprint density at radius 1 is 0.109 bits per heavy atom. The Balaban J connectivity index is 0.000000144. The highest BCUT2D eigenvalue weighted by molar-refractivity contribution is 6.24. The zero-order chi connectivity index (χ0) is 78.9. The van der Waals surface area contributed by atoms with Gasteiger partial charge in [0.25, 0.3) is 0 Å². The lowest BCUT2D eigenvalue weighted by Crippen LogP contribution is -1.92. The summed E-state index contributed by atoms with van der Waals surface area (Å²) in [6.07, 6.45) is 0. The van der Waals surface area contributed by atoms with Gasteiger partial charge in [-0.3, -0.25) is 0 Å². The smallest absolute Gasteiger partial charge is 0.00262 e. The molecule has 0 unspecified atom stereocenters. The lowest BCUT2D eigenvalue weighted by molar-refractivity contribution is 1.49. The van der Waals surface area contributed by atoms with Crippen LogP contribution >= 0.6 is 0 Å². The summed E-state index contributed by atoms with van der Waals surface area (Å²) in [6, 6.07) is 168. The Hall–Kier alpha value is -15.3. The predicted octanol–water partition coefficient (Wildman–Crippen LogP) is 33.6. The molecule has 0 heterocycles. The maximum Gasteiger partial charge on any atom is -0.00262 e. The molecule has 0 N–H and O–H groups in total. The Kier molecular flexibility index (Phi) is 17.6. The molecule has 0 nitrogen and oxygen atoms in total. The van der Waals surface area contributed by atoms with Gasteiger partial charge in [0.05, 0.1) is 0 Å². The van der Waals surface area contributed by atoms with Gasteiger partial charge in [-0.15, -0.1) is 0 Å². The second kappa shape index (κ2) is 29.8. The number of rotatable bonds is 11. The second-order valence-electron chi connectivity index (χ2n) is 31.6. The molecule has 0 radical (unpaired) electrons. The maximum absolute atomic E-state index is 2.41. The summed E-state index contributed by atoms with van der Waals surface area (Å²) in [4.78, 5) is 0. The molecule has 0 aromatic heterocycles. The van der Waals surface area contributed by atoms with Gasteiger partial charge in [-0.2, -0.15) is 0 Å². The van der Waals surface area contributed by atoms with E-state index in [1.165, 1.54) is 236 Å². The summed E-state index contributed by atoms with van der Waals surface area (Å²) < 4.78 is 0. The molecule has 0 aliphatic carbocycles.